The SMILES string of the molecule is C=C1C(C(=O)OCC)=C(c2ccccc2)c2ccc(-c3ccc(-c4cccs4)s3)cc21. The van der Waals surface area contributed by atoms with Gasteiger partial charge >= 0.3 is 5.97 Å². The van der Waals surface area contributed by atoms with E-state index in [0.29, 0.717) is 12.2 Å². The Bertz CT molecular complexity index is 1310. The molecule has 0 saturated carbocycles. The second kappa shape index (κ2) is 8.14. The molecule has 0 saturated heterocycles. The molecule has 4 aromatic rings. The van der Waals surface area contributed by atoms with Crippen LogP contribution in [0, 0.1) is 0 Å². The van der Waals surface area contributed by atoms with Gasteiger partial charge in [-0.3, -0.25) is 0 Å². The summed E-state index contributed by atoms with van der Waals surface area (Å²) in [7, 11) is 0. The average molecular weight is 441 g/mol. The molecule has 152 valence electrons. The van der Waals surface area contributed by atoms with Gasteiger partial charge in [0.2, 0.25) is 0 Å². The van der Waals surface area contributed by atoms with Crippen molar-refractivity contribution in [2.24, 2.45) is 0 Å². The summed E-state index contributed by atoms with van der Waals surface area (Å²) in [4.78, 5) is 16.6. The van der Waals surface area contributed by atoms with Crippen LogP contribution in [0.15, 0.2) is 90.3 Å². The Kier molecular flexibility index (Phi) is 5.18. The summed E-state index contributed by atoms with van der Waals surface area (Å²) in [5.74, 6) is -0.319. The summed E-state index contributed by atoms with van der Waals surface area (Å²) in [5, 5.41) is 2.10. The molecular formula is C27H20O2S2. The number of hydrogen-bond acceptors (Lipinski definition) is 4. The van der Waals surface area contributed by atoms with Gasteiger partial charge in [-0.25, -0.2) is 4.79 Å². The fourth-order valence-corrected chi connectivity index (χ4v) is 5.80. The molecule has 5 rings (SSSR count). The first-order valence-electron chi connectivity index (χ1n) is 10.1. The van der Waals surface area contributed by atoms with E-state index >= 15 is 0 Å². The van der Waals surface area contributed by atoms with E-state index in [1.165, 1.54) is 14.6 Å². The number of benzene rings is 2. The lowest BCUT2D eigenvalue weighted by Crippen LogP contribution is -2.08. The van der Waals surface area contributed by atoms with Crippen LogP contribution in [0.5, 0.6) is 0 Å². The third-order valence-electron chi connectivity index (χ3n) is 5.36. The summed E-state index contributed by atoms with van der Waals surface area (Å²) in [5.41, 5.74) is 6.33. The molecular weight excluding hydrogens is 420 g/mol. The fourth-order valence-electron chi connectivity index (χ4n) is 3.96. The normalized spacial score (nSPS) is 12.9. The lowest BCUT2D eigenvalue weighted by molar-refractivity contribution is -0.137. The van der Waals surface area contributed by atoms with E-state index < -0.39 is 0 Å². The zero-order chi connectivity index (χ0) is 21.4. The van der Waals surface area contributed by atoms with Crippen LogP contribution in [0.25, 0.3) is 31.3 Å². The van der Waals surface area contributed by atoms with Crippen LogP contribution in [0.1, 0.15) is 23.6 Å². The molecule has 0 N–H and O–H groups in total. The van der Waals surface area contributed by atoms with E-state index in [2.05, 4.69) is 54.4 Å². The van der Waals surface area contributed by atoms with Crippen molar-refractivity contribution in [1.82, 2.24) is 0 Å². The maximum atomic E-state index is 12.9. The number of esters is 1. The van der Waals surface area contributed by atoms with Crippen molar-refractivity contribution in [2.45, 2.75) is 6.92 Å². The quantitative estimate of drug-likeness (QED) is 0.300. The minimum Gasteiger partial charge on any atom is -0.462 e. The fraction of sp³-hybridized carbons (Fsp3) is 0.0741. The van der Waals surface area contributed by atoms with E-state index in [0.717, 1.165) is 33.4 Å². The summed E-state index contributed by atoms with van der Waals surface area (Å²) < 4.78 is 5.38. The molecule has 2 aromatic heterocycles. The van der Waals surface area contributed by atoms with Crippen molar-refractivity contribution in [3.8, 4) is 20.2 Å². The van der Waals surface area contributed by atoms with Gasteiger partial charge in [0.1, 0.15) is 0 Å². The molecule has 0 aliphatic heterocycles. The topological polar surface area (TPSA) is 26.3 Å². The second-order valence-corrected chi connectivity index (χ2v) is 9.25. The molecule has 1 aliphatic carbocycles. The van der Waals surface area contributed by atoms with Crippen molar-refractivity contribution in [1.29, 1.82) is 0 Å². The van der Waals surface area contributed by atoms with E-state index in [-0.39, 0.29) is 5.97 Å². The van der Waals surface area contributed by atoms with Gasteiger partial charge in [-0.2, -0.15) is 0 Å². The highest BCUT2D eigenvalue weighted by atomic mass is 32.1. The Morgan fingerprint density at radius 1 is 0.871 bits per heavy atom. The molecule has 0 spiro atoms. The van der Waals surface area contributed by atoms with E-state index in [1.807, 2.05) is 37.3 Å². The minimum absolute atomic E-state index is 0.319. The van der Waals surface area contributed by atoms with E-state index in [9.17, 15) is 4.79 Å². The largest absolute Gasteiger partial charge is 0.462 e. The Morgan fingerprint density at radius 3 is 2.42 bits per heavy atom. The van der Waals surface area contributed by atoms with Gasteiger partial charge < -0.3 is 4.74 Å². The third kappa shape index (κ3) is 3.48. The Hall–Kier alpha value is -3.21. The number of hydrogen-bond donors (Lipinski definition) is 0. The first kappa shape index (κ1) is 19.7. The maximum absolute atomic E-state index is 12.9. The van der Waals surface area contributed by atoms with Gasteiger partial charge in [-0.1, -0.05) is 55.1 Å². The Balaban J connectivity index is 1.60. The third-order valence-corrected chi connectivity index (χ3v) is 7.56. The first-order chi connectivity index (χ1) is 15.2. The van der Waals surface area contributed by atoms with E-state index in [1.54, 1.807) is 22.7 Å². The molecule has 0 fully saturated rings. The number of fused-ring (bicyclic) bond motifs is 1. The predicted octanol–water partition coefficient (Wildman–Crippen LogP) is 7.54. The van der Waals surface area contributed by atoms with Gasteiger partial charge in [-0.05, 0) is 64.4 Å². The predicted molar refractivity (Wildman–Crippen MR) is 131 cm³/mol. The molecule has 0 bridgehead atoms. The molecule has 2 nitrogen and oxygen atoms in total. The van der Waals surface area contributed by atoms with Crippen LogP contribution in [0.3, 0.4) is 0 Å². The molecule has 31 heavy (non-hydrogen) atoms. The van der Waals surface area contributed by atoms with Gasteiger partial charge in [0.05, 0.1) is 12.2 Å². The monoisotopic (exact) mass is 440 g/mol. The summed E-state index contributed by atoms with van der Waals surface area (Å²) in [6, 6.07) is 24.9. The highest BCUT2D eigenvalue weighted by molar-refractivity contribution is 7.23. The summed E-state index contributed by atoms with van der Waals surface area (Å²) >= 11 is 3.53. The molecule has 0 unspecified atom stereocenters. The lowest BCUT2D eigenvalue weighted by Gasteiger charge is -2.09. The van der Waals surface area contributed by atoms with Crippen LogP contribution >= 0.6 is 22.7 Å². The smallest absolute Gasteiger partial charge is 0.339 e. The second-order valence-electron chi connectivity index (χ2n) is 7.22. The highest BCUT2D eigenvalue weighted by Crippen LogP contribution is 2.46. The van der Waals surface area contributed by atoms with Crippen LogP contribution in [-0.4, -0.2) is 12.6 Å². The molecule has 0 atom stereocenters. The van der Waals surface area contributed by atoms with Crippen molar-refractivity contribution in [3.63, 3.8) is 0 Å². The number of carbonyl (C=O) groups is 1. The van der Waals surface area contributed by atoms with Gasteiger partial charge in [0.15, 0.2) is 0 Å². The number of carbonyl (C=O) groups excluding carboxylic acids is 1. The van der Waals surface area contributed by atoms with Gasteiger partial charge in [-0.15, -0.1) is 22.7 Å². The van der Waals surface area contributed by atoms with Crippen LogP contribution < -0.4 is 0 Å². The number of rotatable bonds is 5. The van der Waals surface area contributed by atoms with Crippen molar-refractivity contribution in [2.75, 3.05) is 6.61 Å². The van der Waals surface area contributed by atoms with Crippen molar-refractivity contribution in [3.05, 3.63) is 107 Å². The van der Waals surface area contributed by atoms with E-state index in [4.69, 9.17) is 4.74 Å². The molecule has 1 aliphatic rings. The maximum Gasteiger partial charge on any atom is 0.339 e. The van der Waals surface area contributed by atoms with Crippen molar-refractivity contribution < 1.29 is 9.53 Å². The average Bonchev–Trinajstić information content (AvgIpc) is 3.54. The van der Waals surface area contributed by atoms with Crippen LogP contribution in [0.4, 0.5) is 0 Å². The Morgan fingerprint density at radius 2 is 1.68 bits per heavy atom. The van der Waals surface area contributed by atoms with Gasteiger partial charge in [0.25, 0.3) is 0 Å². The molecule has 0 radical (unpaired) electrons. The van der Waals surface area contributed by atoms with Crippen molar-refractivity contribution >= 4 is 39.8 Å². The van der Waals surface area contributed by atoms with Gasteiger partial charge in [0, 0.05) is 20.2 Å². The van der Waals surface area contributed by atoms with Crippen LogP contribution in [0.2, 0.25) is 0 Å². The number of ether oxygens (including phenoxy) is 1. The lowest BCUT2D eigenvalue weighted by atomic mass is 9.96. The zero-order valence-corrected chi connectivity index (χ0v) is 18.7. The highest BCUT2D eigenvalue weighted by Gasteiger charge is 2.31. The van der Waals surface area contributed by atoms with Crippen LogP contribution in [-0.2, 0) is 9.53 Å². The molecule has 0 amide bonds. The minimum atomic E-state index is -0.319. The number of thiophene rings is 2. The summed E-state index contributed by atoms with van der Waals surface area (Å²) in [6.45, 7) is 6.44. The Labute approximate surface area is 189 Å². The molecule has 4 heteroatoms. The standard InChI is InChI=1S/C27H20O2S2/c1-3-29-27(28)25-17(2)21-16-19(22-13-14-24(31-22)23-10-7-15-30-23)11-12-20(21)26(25)18-8-5-4-6-9-18/h4-16H,2-3H2,1H3. The molecule has 2 aromatic carbocycles. The first-order valence-corrected chi connectivity index (χ1v) is 11.8. The molecule has 2 heterocycles. The summed E-state index contributed by atoms with van der Waals surface area (Å²) in [6.07, 6.45) is 0. The zero-order valence-electron chi connectivity index (χ0n) is 17.1.